The second-order valence-corrected chi connectivity index (χ2v) is 5.57. The third-order valence-corrected chi connectivity index (χ3v) is 4.12. The van der Waals surface area contributed by atoms with Gasteiger partial charge in [0.15, 0.2) is 0 Å². The van der Waals surface area contributed by atoms with E-state index in [4.69, 9.17) is 4.74 Å². The smallest absolute Gasteiger partial charge is 0.244 e. The zero-order valence-electron chi connectivity index (χ0n) is 11.7. The first-order valence-corrected chi connectivity index (χ1v) is 7.36. The van der Waals surface area contributed by atoms with Gasteiger partial charge >= 0.3 is 0 Å². The lowest BCUT2D eigenvalue weighted by Gasteiger charge is -2.22. The van der Waals surface area contributed by atoms with Gasteiger partial charge in [-0.05, 0) is 32.6 Å². The van der Waals surface area contributed by atoms with E-state index in [9.17, 15) is 4.79 Å². The molecule has 1 heterocycles. The molecule has 1 spiro atoms. The van der Waals surface area contributed by atoms with Crippen LogP contribution in [0.5, 0.6) is 0 Å². The van der Waals surface area contributed by atoms with Crippen LogP contribution in [-0.4, -0.2) is 42.3 Å². The van der Waals surface area contributed by atoms with Gasteiger partial charge in [-0.1, -0.05) is 19.8 Å². The van der Waals surface area contributed by atoms with Crippen molar-refractivity contribution in [2.45, 2.75) is 64.1 Å². The maximum absolute atomic E-state index is 12.5. The highest BCUT2D eigenvalue weighted by Gasteiger charge is 2.50. The van der Waals surface area contributed by atoms with Crippen molar-refractivity contribution in [2.24, 2.45) is 0 Å². The van der Waals surface area contributed by atoms with Crippen LogP contribution in [0, 0.1) is 0 Å². The number of carbonyl (C=O) groups is 1. The molecule has 18 heavy (non-hydrogen) atoms. The minimum absolute atomic E-state index is 0.182. The molecule has 2 fully saturated rings. The number of carbonyl (C=O) groups excluding carboxylic acids is 1. The third-order valence-electron chi connectivity index (χ3n) is 4.12. The van der Waals surface area contributed by atoms with Crippen molar-refractivity contribution in [2.75, 3.05) is 19.8 Å². The molecule has 104 valence electrons. The van der Waals surface area contributed by atoms with Crippen LogP contribution in [0.15, 0.2) is 0 Å². The van der Waals surface area contributed by atoms with Crippen LogP contribution in [0.4, 0.5) is 0 Å². The molecule has 0 radical (unpaired) electrons. The fourth-order valence-electron chi connectivity index (χ4n) is 3.21. The van der Waals surface area contributed by atoms with Crippen molar-refractivity contribution in [3.8, 4) is 0 Å². The van der Waals surface area contributed by atoms with Gasteiger partial charge in [-0.25, -0.2) is 0 Å². The van der Waals surface area contributed by atoms with E-state index >= 15 is 0 Å². The Morgan fingerprint density at radius 1 is 1.39 bits per heavy atom. The molecular weight excluding hydrogens is 228 g/mol. The molecule has 1 aliphatic carbocycles. The molecule has 1 saturated carbocycles. The number of amides is 1. The van der Waals surface area contributed by atoms with Crippen molar-refractivity contribution < 1.29 is 9.53 Å². The second-order valence-electron chi connectivity index (χ2n) is 5.57. The van der Waals surface area contributed by atoms with Crippen LogP contribution in [-0.2, 0) is 9.53 Å². The monoisotopic (exact) mass is 254 g/mol. The van der Waals surface area contributed by atoms with Crippen LogP contribution in [0.25, 0.3) is 0 Å². The lowest BCUT2D eigenvalue weighted by atomic mass is 9.98. The molecule has 2 aliphatic rings. The van der Waals surface area contributed by atoms with Gasteiger partial charge in [0.25, 0.3) is 0 Å². The predicted octanol–water partition coefficient (Wildman–Crippen LogP) is 1.89. The number of nitrogens with zero attached hydrogens (tertiary/aromatic N) is 1. The Morgan fingerprint density at radius 2 is 2.11 bits per heavy atom. The van der Waals surface area contributed by atoms with Crippen molar-refractivity contribution in [1.82, 2.24) is 10.2 Å². The first-order chi connectivity index (χ1) is 8.69. The van der Waals surface area contributed by atoms with E-state index in [1.165, 1.54) is 12.8 Å². The Bertz CT molecular complexity index is 288. The molecule has 0 aromatic carbocycles. The molecule has 0 aromatic rings. The highest BCUT2D eigenvalue weighted by molar-refractivity contribution is 5.89. The molecule has 0 bridgehead atoms. The SMILES string of the molecule is CCCOCCCN1C(=O)C2(CCCC2)NC1C. The van der Waals surface area contributed by atoms with E-state index in [1.807, 2.05) is 4.90 Å². The molecule has 4 heteroatoms. The number of hydrogen-bond donors (Lipinski definition) is 1. The fourth-order valence-corrected chi connectivity index (χ4v) is 3.21. The summed E-state index contributed by atoms with van der Waals surface area (Å²) in [6.45, 7) is 6.61. The molecule has 1 unspecified atom stereocenters. The number of nitrogens with one attached hydrogen (secondary N) is 1. The maximum atomic E-state index is 12.5. The first-order valence-electron chi connectivity index (χ1n) is 7.36. The Hall–Kier alpha value is -0.610. The topological polar surface area (TPSA) is 41.6 Å². The minimum Gasteiger partial charge on any atom is -0.381 e. The zero-order chi connectivity index (χ0) is 13.0. The molecule has 1 N–H and O–H groups in total. The molecule has 1 saturated heterocycles. The van der Waals surface area contributed by atoms with Gasteiger partial charge in [-0.2, -0.15) is 0 Å². The van der Waals surface area contributed by atoms with E-state index in [2.05, 4.69) is 19.2 Å². The number of ether oxygens (including phenoxy) is 1. The zero-order valence-corrected chi connectivity index (χ0v) is 11.7. The third kappa shape index (κ3) is 2.69. The standard InChI is InChI=1S/C14H26N2O2/c1-3-10-18-11-6-9-16-12(2)15-14(13(16)17)7-4-5-8-14/h12,15H,3-11H2,1-2H3. The summed E-state index contributed by atoms with van der Waals surface area (Å²) in [6.07, 6.45) is 6.56. The van der Waals surface area contributed by atoms with Gasteiger partial charge in [-0.3, -0.25) is 10.1 Å². The Balaban J connectivity index is 1.80. The van der Waals surface area contributed by atoms with E-state index < -0.39 is 0 Å². The highest BCUT2D eigenvalue weighted by Crippen LogP contribution is 2.36. The van der Waals surface area contributed by atoms with Gasteiger partial charge in [0, 0.05) is 19.8 Å². The van der Waals surface area contributed by atoms with Crippen LogP contribution in [0.3, 0.4) is 0 Å². The summed E-state index contributed by atoms with van der Waals surface area (Å²) in [5.41, 5.74) is -0.219. The maximum Gasteiger partial charge on any atom is 0.244 e. The molecule has 1 aliphatic heterocycles. The van der Waals surface area contributed by atoms with Crippen LogP contribution < -0.4 is 5.32 Å². The van der Waals surface area contributed by atoms with E-state index in [-0.39, 0.29) is 11.7 Å². The number of rotatable bonds is 6. The Labute approximate surface area is 110 Å². The van der Waals surface area contributed by atoms with Crippen molar-refractivity contribution in [1.29, 1.82) is 0 Å². The van der Waals surface area contributed by atoms with E-state index in [0.717, 1.165) is 45.4 Å². The summed E-state index contributed by atoms with van der Waals surface area (Å²) in [5.74, 6) is 0.322. The summed E-state index contributed by atoms with van der Waals surface area (Å²) < 4.78 is 5.47. The average Bonchev–Trinajstić information content (AvgIpc) is 2.90. The van der Waals surface area contributed by atoms with Crippen LogP contribution >= 0.6 is 0 Å². The molecule has 1 amide bonds. The van der Waals surface area contributed by atoms with Gasteiger partial charge in [0.05, 0.1) is 11.7 Å². The van der Waals surface area contributed by atoms with Crippen molar-refractivity contribution in [3.05, 3.63) is 0 Å². The largest absolute Gasteiger partial charge is 0.381 e. The summed E-state index contributed by atoms with van der Waals surface area (Å²) in [6, 6.07) is 0. The fraction of sp³-hybridized carbons (Fsp3) is 0.929. The Morgan fingerprint density at radius 3 is 2.78 bits per heavy atom. The second kappa shape index (κ2) is 6.02. The summed E-state index contributed by atoms with van der Waals surface area (Å²) >= 11 is 0. The van der Waals surface area contributed by atoms with Gasteiger partial charge in [-0.15, -0.1) is 0 Å². The van der Waals surface area contributed by atoms with Crippen molar-refractivity contribution in [3.63, 3.8) is 0 Å². The van der Waals surface area contributed by atoms with Gasteiger partial charge in [0.1, 0.15) is 0 Å². The van der Waals surface area contributed by atoms with E-state index in [1.54, 1.807) is 0 Å². The molecule has 1 atom stereocenters. The van der Waals surface area contributed by atoms with Gasteiger partial charge in [0.2, 0.25) is 5.91 Å². The molecule has 2 rings (SSSR count). The predicted molar refractivity (Wildman–Crippen MR) is 71.2 cm³/mol. The van der Waals surface area contributed by atoms with Crippen LogP contribution in [0.2, 0.25) is 0 Å². The summed E-state index contributed by atoms with van der Waals surface area (Å²) in [5, 5.41) is 3.52. The minimum atomic E-state index is -0.219. The molecular formula is C14H26N2O2. The van der Waals surface area contributed by atoms with Gasteiger partial charge < -0.3 is 9.64 Å². The lowest BCUT2D eigenvalue weighted by molar-refractivity contribution is -0.133. The highest BCUT2D eigenvalue weighted by atomic mass is 16.5. The number of hydrogen-bond acceptors (Lipinski definition) is 3. The summed E-state index contributed by atoms with van der Waals surface area (Å²) in [4.78, 5) is 14.5. The quantitative estimate of drug-likeness (QED) is 0.736. The van der Waals surface area contributed by atoms with E-state index in [0.29, 0.717) is 5.91 Å². The normalized spacial score (nSPS) is 26.4. The van der Waals surface area contributed by atoms with Crippen molar-refractivity contribution >= 4 is 5.91 Å². The molecule has 4 nitrogen and oxygen atoms in total. The lowest BCUT2D eigenvalue weighted by Crippen LogP contribution is -2.44. The molecule has 0 aromatic heterocycles. The Kier molecular flexibility index (Phi) is 4.62. The first kappa shape index (κ1) is 13.8. The van der Waals surface area contributed by atoms with Crippen LogP contribution in [0.1, 0.15) is 52.4 Å². The summed E-state index contributed by atoms with van der Waals surface area (Å²) in [7, 11) is 0. The average molecular weight is 254 g/mol.